The fraction of sp³-hybridized carbons (Fsp3) is 0.0690. The molecule has 0 aliphatic carbocycles. The SMILES string of the molecule is O=S(=O)(c1ccc(F)cc1)c1nc(C(c2ccccc2)c2ccccc2)oc1NCc1ccccc1. The molecule has 0 aliphatic heterocycles. The minimum Gasteiger partial charge on any atom is -0.423 e. The summed E-state index contributed by atoms with van der Waals surface area (Å²) in [5.41, 5.74) is 2.76. The van der Waals surface area contributed by atoms with Crippen LogP contribution in [0.3, 0.4) is 0 Å². The van der Waals surface area contributed by atoms with Crippen molar-refractivity contribution < 1.29 is 17.2 Å². The number of aromatic nitrogens is 1. The average Bonchev–Trinajstić information content (AvgIpc) is 3.34. The van der Waals surface area contributed by atoms with Gasteiger partial charge in [-0.3, -0.25) is 0 Å². The molecular weight excluding hydrogens is 475 g/mol. The highest BCUT2D eigenvalue weighted by Crippen LogP contribution is 2.37. The van der Waals surface area contributed by atoms with E-state index >= 15 is 0 Å². The Morgan fingerprint density at radius 1 is 0.750 bits per heavy atom. The van der Waals surface area contributed by atoms with Crippen molar-refractivity contribution in [2.45, 2.75) is 22.4 Å². The molecule has 0 spiro atoms. The lowest BCUT2D eigenvalue weighted by Gasteiger charge is -2.14. The first kappa shape index (κ1) is 23.5. The lowest BCUT2D eigenvalue weighted by molar-refractivity contribution is 0.498. The van der Waals surface area contributed by atoms with E-state index < -0.39 is 21.6 Å². The highest BCUT2D eigenvalue weighted by molar-refractivity contribution is 7.91. The van der Waals surface area contributed by atoms with Crippen LogP contribution < -0.4 is 5.32 Å². The van der Waals surface area contributed by atoms with Crippen molar-refractivity contribution in [3.8, 4) is 0 Å². The quantitative estimate of drug-likeness (QED) is 0.249. The van der Waals surface area contributed by atoms with E-state index in [-0.39, 0.29) is 21.7 Å². The lowest BCUT2D eigenvalue weighted by atomic mass is 9.91. The summed E-state index contributed by atoms with van der Waals surface area (Å²) in [6.07, 6.45) is 0. The topological polar surface area (TPSA) is 72.2 Å². The van der Waals surface area contributed by atoms with Gasteiger partial charge in [-0.15, -0.1) is 0 Å². The van der Waals surface area contributed by atoms with E-state index in [0.717, 1.165) is 28.8 Å². The maximum absolute atomic E-state index is 13.6. The van der Waals surface area contributed by atoms with E-state index in [4.69, 9.17) is 4.42 Å². The Bertz CT molecular complexity index is 1500. The van der Waals surface area contributed by atoms with Gasteiger partial charge in [0.15, 0.2) is 0 Å². The van der Waals surface area contributed by atoms with Gasteiger partial charge in [0, 0.05) is 6.54 Å². The van der Waals surface area contributed by atoms with Crippen molar-refractivity contribution in [3.63, 3.8) is 0 Å². The second kappa shape index (κ2) is 10.2. The van der Waals surface area contributed by atoms with E-state index in [1.807, 2.05) is 91.0 Å². The number of anilines is 1. The summed E-state index contributed by atoms with van der Waals surface area (Å²) >= 11 is 0. The van der Waals surface area contributed by atoms with Crippen molar-refractivity contribution in [2.24, 2.45) is 0 Å². The summed E-state index contributed by atoms with van der Waals surface area (Å²) in [6, 6.07) is 33.5. The number of rotatable bonds is 8. The normalized spacial score (nSPS) is 11.5. The molecule has 5 rings (SSSR count). The Hall–Kier alpha value is -4.23. The lowest BCUT2D eigenvalue weighted by Crippen LogP contribution is -2.08. The van der Waals surface area contributed by atoms with Gasteiger partial charge in [0.25, 0.3) is 0 Å². The Kier molecular flexibility index (Phi) is 6.64. The molecule has 180 valence electrons. The summed E-state index contributed by atoms with van der Waals surface area (Å²) in [5.74, 6) is -0.675. The molecule has 0 unspecified atom stereocenters. The minimum atomic E-state index is -4.10. The van der Waals surface area contributed by atoms with Crippen LogP contribution in [0.15, 0.2) is 130 Å². The molecular formula is C29H23FN2O3S. The van der Waals surface area contributed by atoms with Crippen LogP contribution in [-0.2, 0) is 16.4 Å². The zero-order valence-electron chi connectivity index (χ0n) is 19.2. The predicted molar refractivity (Wildman–Crippen MR) is 136 cm³/mol. The van der Waals surface area contributed by atoms with E-state index in [1.165, 1.54) is 12.1 Å². The van der Waals surface area contributed by atoms with Crippen LogP contribution in [0, 0.1) is 5.82 Å². The average molecular weight is 499 g/mol. The van der Waals surface area contributed by atoms with Crippen LogP contribution in [0.5, 0.6) is 0 Å². The van der Waals surface area contributed by atoms with E-state index in [2.05, 4.69) is 10.3 Å². The zero-order valence-corrected chi connectivity index (χ0v) is 20.0. The first-order chi connectivity index (χ1) is 17.5. The molecule has 0 bridgehead atoms. The van der Waals surface area contributed by atoms with E-state index in [0.29, 0.717) is 6.54 Å². The van der Waals surface area contributed by atoms with Gasteiger partial charge in [0.05, 0.1) is 10.8 Å². The number of hydrogen-bond acceptors (Lipinski definition) is 5. The van der Waals surface area contributed by atoms with Gasteiger partial charge >= 0.3 is 0 Å². The molecule has 0 radical (unpaired) electrons. The number of nitrogens with one attached hydrogen (secondary N) is 1. The summed E-state index contributed by atoms with van der Waals surface area (Å²) in [7, 11) is -4.10. The van der Waals surface area contributed by atoms with Gasteiger partial charge in [-0.05, 0) is 41.0 Å². The molecule has 0 atom stereocenters. The van der Waals surface area contributed by atoms with Crippen LogP contribution in [0.2, 0.25) is 0 Å². The second-order valence-corrected chi connectivity index (χ2v) is 10.1. The van der Waals surface area contributed by atoms with Gasteiger partial charge in [0.2, 0.25) is 26.6 Å². The van der Waals surface area contributed by atoms with Crippen molar-refractivity contribution in [1.82, 2.24) is 4.98 Å². The molecule has 36 heavy (non-hydrogen) atoms. The smallest absolute Gasteiger partial charge is 0.233 e. The molecule has 0 saturated heterocycles. The van der Waals surface area contributed by atoms with Crippen LogP contribution in [0.1, 0.15) is 28.5 Å². The number of benzene rings is 4. The van der Waals surface area contributed by atoms with E-state index in [1.54, 1.807) is 0 Å². The van der Waals surface area contributed by atoms with Crippen molar-refractivity contribution in [1.29, 1.82) is 0 Å². The number of oxazole rings is 1. The highest BCUT2D eigenvalue weighted by Gasteiger charge is 2.31. The fourth-order valence-corrected chi connectivity index (χ4v) is 5.30. The molecule has 5 nitrogen and oxygen atoms in total. The van der Waals surface area contributed by atoms with Crippen molar-refractivity contribution in [2.75, 3.05) is 5.32 Å². The summed E-state index contributed by atoms with van der Waals surface area (Å²) in [6.45, 7) is 0.336. The third-order valence-corrected chi connectivity index (χ3v) is 7.48. The molecule has 1 aromatic heterocycles. The molecule has 7 heteroatoms. The van der Waals surface area contributed by atoms with E-state index in [9.17, 15) is 12.8 Å². The summed E-state index contributed by atoms with van der Waals surface area (Å²) < 4.78 is 46.9. The van der Waals surface area contributed by atoms with Crippen LogP contribution >= 0.6 is 0 Å². The van der Waals surface area contributed by atoms with Gasteiger partial charge < -0.3 is 9.73 Å². The Balaban J connectivity index is 1.63. The van der Waals surface area contributed by atoms with Gasteiger partial charge in [-0.1, -0.05) is 91.0 Å². The Morgan fingerprint density at radius 2 is 1.28 bits per heavy atom. The third kappa shape index (κ3) is 4.92. The Labute approximate surface area is 209 Å². The first-order valence-corrected chi connectivity index (χ1v) is 12.9. The monoisotopic (exact) mass is 498 g/mol. The standard InChI is InChI=1S/C29H23FN2O3S/c30-24-16-18-25(19-17-24)36(33,34)29-28(31-20-21-10-4-1-5-11-21)35-27(32-29)26(22-12-6-2-7-13-22)23-14-8-3-9-15-23/h1-19,26,31H,20H2. The summed E-state index contributed by atoms with van der Waals surface area (Å²) in [5, 5.41) is 2.87. The van der Waals surface area contributed by atoms with Crippen molar-refractivity contribution >= 4 is 15.7 Å². The number of nitrogens with zero attached hydrogens (tertiary/aromatic N) is 1. The second-order valence-electron chi connectivity index (χ2n) is 8.24. The maximum Gasteiger partial charge on any atom is 0.233 e. The predicted octanol–water partition coefficient (Wildman–Crippen LogP) is 6.44. The van der Waals surface area contributed by atoms with Crippen molar-refractivity contribution in [3.05, 3.63) is 144 Å². The van der Waals surface area contributed by atoms with Crippen LogP contribution in [0.25, 0.3) is 0 Å². The molecule has 0 saturated carbocycles. The first-order valence-electron chi connectivity index (χ1n) is 11.4. The third-order valence-electron chi connectivity index (χ3n) is 5.80. The van der Waals surface area contributed by atoms with Gasteiger partial charge in [-0.25, -0.2) is 12.8 Å². The highest BCUT2D eigenvalue weighted by atomic mass is 32.2. The largest absolute Gasteiger partial charge is 0.423 e. The number of halogens is 1. The zero-order chi connectivity index (χ0) is 25.0. The fourth-order valence-electron chi connectivity index (χ4n) is 4.01. The van der Waals surface area contributed by atoms with Gasteiger partial charge in [0.1, 0.15) is 5.82 Å². The van der Waals surface area contributed by atoms with Crippen LogP contribution in [0.4, 0.5) is 10.3 Å². The molecule has 4 aromatic carbocycles. The molecule has 0 amide bonds. The Morgan fingerprint density at radius 3 is 1.83 bits per heavy atom. The molecule has 1 N–H and O–H groups in total. The molecule has 5 aromatic rings. The van der Waals surface area contributed by atoms with Gasteiger partial charge in [-0.2, -0.15) is 4.98 Å². The number of sulfone groups is 1. The molecule has 0 aliphatic rings. The molecule has 0 fully saturated rings. The number of hydrogen-bond donors (Lipinski definition) is 1. The summed E-state index contributed by atoms with van der Waals surface area (Å²) in [4.78, 5) is 4.47. The maximum atomic E-state index is 13.6. The van der Waals surface area contributed by atoms with Crippen LogP contribution in [-0.4, -0.2) is 13.4 Å². The molecule has 1 heterocycles. The minimum absolute atomic E-state index is 0.0371.